The topological polar surface area (TPSA) is 66.7 Å². The molecule has 2 heterocycles. The summed E-state index contributed by atoms with van der Waals surface area (Å²) in [5.74, 6) is 0.875. The molecule has 2 rings (SSSR count). The Kier molecular flexibility index (Phi) is 10.2. The zero-order valence-electron chi connectivity index (χ0n) is 14.1. The number of aliphatic imine (C=N–C) groups is 1. The summed E-state index contributed by atoms with van der Waals surface area (Å²) in [5, 5.41) is 10.9. The molecule has 0 aliphatic carbocycles. The largest absolute Gasteiger partial charge is 0.379 e. The van der Waals surface area contributed by atoms with E-state index in [1.807, 2.05) is 24.0 Å². The lowest BCUT2D eigenvalue weighted by Crippen LogP contribution is -2.41. The summed E-state index contributed by atoms with van der Waals surface area (Å²) < 4.78 is 7.30. The van der Waals surface area contributed by atoms with Crippen molar-refractivity contribution >= 4 is 29.9 Å². The number of aromatic nitrogens is 2. The van der Waals surface area contributed by atoms with Gasteiger partial charge in [-0.2, -0.15) is 5.10 Å². The minimum atomic E-state index is 0. The van der Waals surface area contributed by atoms with Crippen LogP contribution in [-0.2, 0) is 11.3 Å². The fraction of sp³-hybridized carbons (Fsp3) is 0.733. The third kappa shape index (κ3) is 7.98. The molecule has 0 atom stereocenters. The zero-order valence-corrected chi connectivity index (χ0v) is 16.5. The number of guanidine groups is 1. The van der Waals surface area contributed by atoms with E-state index in [4.69, 9.17) is 4.74 Å². The number of ether oxygens (including phenoxy) is 1. The maximum Gasteiger partial charge on any atom is 0.191 e. The van der Waals surface area contributed by atoms with Gasteiger partial charge in [0, 0.05) is 38.9 Å². The number of halogens is 1. The van der Waals surface area contributed by atoms with Crippen molar-refractivity contribution in [3.05, 3.63) is 18.0 Å². The Balaban J connectivity index is 0.00000264. The molecular weight excluding hydrogens is 407 g/mol. The summed E-state index contributed by atoms with van der Waals surface area (Å²) in [6.45, 7) is 12.1. The first-order chi connectivity index (χ1) is 10.8. The van der Waals surface area contributed by atoms with Gasteiger partial charge in [-0.15, -0.1) is 24.0 Å². The van der Waals surface area contributed by atoms with Crippen molar-refractivity contribution in [2.24, 2.45) is 4.99 Å². The average molecular weight is 436 g/mol. The van der Waals surface area contributed by atoms with E-state index in [9.17, 15) is 0 Å². The number of hydrogen-bond donors (Lipinski definition) is 2. The molecule has 2 N–H and O–H groups in total. The van der Waals surface area contributed by atoms with Crippen LogP contribution in [0, 0.1) is 6.92 Å². The van der Waals surface area contributed by atoms with E-state index in [0.29, 0.717) is 0 Å². The number of aryl methyl sites for hydroxylation is 1. The highest BCUT2D eigenvalue weighted by atomic mass is 127. The summed E-state index contributed by atoms with van der Waals surface area (Å²) in [4.78, 5) is 7.02. The van der Waals surface area contributed by atoms with Crippen LogP contribution in [0.2, 0.25) is 0 Å². The molecule has 1 aromatic heterocycles. The molecule has 1 aromatic rings. The standard InChI is InChI=1S/C15H28N6O.HI/c1-3-16-15(17-4-6-20-8-10-22-11-9-20)18-5-7-21-13-14(2)12-19-21;/h12-13H,3-11H2,1-2H3,(H2,16,17,18);1H. The fourth-order valence-electron chi connectivity index (χ4n) is 2.35. The van der Waals surface area contributed by atoms with Gasteiger partial charge in [-0.05, 0) is 19.4 Å². The Hall–Kier alpha value is -0.870. The van der Waals surface area contributed by atoms with Crippen molar-refractivity contribution in [3.8, 4) is 0 Å². The summed E-state index contributed by atoms with van der Waals surface area (Å²) >= 11 is 0. The quantitative estimate of drug-likeness (QED) is 0.374. The van der Waals surface area contributed by atoms with Gasteiger partial charge in [0.2, 0.25) is 0 Å². The first-order valence-corrected chi connectivity index (χ1v) is 8.09. The molecule has 0 unspecified atom stereocenters. The smallest absolute Gasteiger partial charge is 0.191 e. The second-order valence-corrected chi connectivity index (χ2v) is 5.42. The fourth-order valence-corrected chi connectivity index (χ4v) is 2.35. The van der Waals surface area contributed by atoms with Crippen molar-refractivity contribution in [2.75, 3.05) is 52.5 Å². The third-order valence-corrected chi connectivity index (χ3v) is 3.53. The van der Waals surface area contributed by atoms with Gasteiger partial charge in [0.05, 0.1) is 32.5 Å². The Morgan fingerprint density at radius 2 is 2.09 bits per heavy atom. The molecule has 0 bridgehead atoms. The van der Waals surface area contributed by atoms with Crippen molar-refractivity contribution in [1.29, 1.82) is 0 Å². The lowest BCUT2D eigenvalue weighted by atomic mass is 10.4. The van der Waals surface area contributed by atoms with Gasteiger partial charge in [-0.25, -0.2) is 0 Å². The van der Waals surface area contributed by atoms with Crippen LogP contribution in [-0.4, -0.2) is 73.1 Å². The molecule has 1 fully saturated rings. The third-order valence-electron chi connectivity index (χ3n) is 3.53. The van der Waals surface area contributed by atoms with Crippen LogP contribution in [0.4, 0.5) is 0 Å². The minimum Gasteiger partial charge on any atom is -0.379 e. The molecule has 1 saturated heterocycles. The van der Waals surface area contributed by atoms with Crippen LogP contribution >= 0.6 is 24.0 Å². The van der Waals surface area contributed by atoms with E-state index in [1.54, 1.807) is 0 Å². The van der Waals surface area contributed by atoms with Gasteiger partial charge in [-0.3, -0.25) is 14.6 Å². The molecule has 1 aliphatic heterocycles. The van der Waals surface area contributed by atoms with E-state index in [0.717, 1.165) is 65.0 Å². The van der Waals surface area contributed by atoms with E-state index < -0.39 is 0 Å². The molecule has 0 aromatic carbocycles. The molecule has 132 valence electrons. The van der Waals surface area contributed by atoms with E-state index in [2.05, 4.69) is 32.5 Å². The number of hydrogen-bond acceptors (Lipinski definition) is 4. The van der Waals surface area contributed by atoms with Gasteiger partial charge in [-0.1, -0.05) is 0 Å². The van der Waals surface area contributed by atoms with Crippen LogP contribution in [0.25, 0.3) is 0 Å². The summed E-state index contributed by atoms with van der Waals surface area (Å²) in [6.07, 6.45) is 3.92. The highest BCUT2D eigenvalue weighted by Gasteiger charge is 2.09. The summed E-state index contributed by atoms with van der Waals surface area (Å²) in [6, 6.07) is 0. The second kappa shape index (κ2) is 11.6. The maximum absolute atomic E-state index is 5.35. The highest BCUT2D eigenvalue weighted by Crippen LogP contribution is 1.96. The molecular formula is C15H29IN6O. The summed E-state index contributed by atoms with van der Waals surface area (Å²) in [5.41, 5.74) is 1.19. The molecule has 0 saturated carbocycles. The van der Waals surface area contributed by atoms with Crippen molar-refractivity contribution in [2.45, 2.75) is 20.4 Å². The Labute approximate surface area is 155 Å². The molecule has 8 heteroatoms. The van der Waals surface area contributed by atoms with Crippen molar-refractivity contribution in [3.63, 3.8) is 0 Å². The Morgan fingerprint density at radius 3 is 2.74 bits per heavy atom. The number of nitrogens with one attached hydrogen (secondary N) is 2. The van der Waals surface area contributed by atoms with E-state index >= 15 is 0 Å². The van der Waals surface area contributed by atoms with Crippen LogP contribution < -0.4 is 10.6 Å². The molecule has 0 spiro atoms. The van der Waals surface area contributed by atoms with Gasteiger partial charge >= 0.3 is 0 Å². The van der Waals surface area contributed by atoms with Gasteiger partial charge in [0.1, 0.15) is 0 Å². The Bertz CT molecular complexity index is 459. The molecule has 0 amide bonds. The Morgan fingerprint density at radius 1 is 1.30 bits per heavy atom. The van der Waals surface area contributed by atoms with Crippen molar-refractivity contribution in [1.82, 2.24) is 25.3 Å². The van der Waals surface area contributed by atoms with Gasteiger partial charge in [0.15, 0.2) is 5.96 Å². The normalized spacial score (nSPS) is 16.0. The lowest BCUT2D eigenvalue weighted by molar-refractivity contribution is 0.0394. The number of rotatable bonds is 7. The maximum atomic E-state index is 5.35. The predicted octanol–water partition coefficient (Wildman–Crippen LogP) is 0.697. The highest BCUT2D eigenvalue weighted by molar-refractivity contribution is 14.0. The molecule has 7 nitrogen and oxygen atoms in total. The predicted molar refractivity (Wildman–Crippen MR) is 104 cm³/mol. The minimum absolute atomic E-state index is 0. The van der Waals surface area contributed by atoms with Crippen LogP contribution in [0.5, 0.6) is 0 Å². The van der Waals surface area contributed by atoms with Crippen LogP contribution in [0.15, 0.2) is 17.4 Å². The SMILES string of the molecule is CCNC(=NCCN1CCOCC1)NCCn1cc(C)cn1.I. The van der Waals surface area contributed by atoms with E-state index in [-0.39, 0.29) is 24.0 Å². The summed E-state index contributed by atoms with van der Waals surface area (Å²) in [7, 11) is 0. The zero-order chi connectivity index (χ0) is 15.6. The second-order valence-electron chi connectivity index (χ2n) is 5.42. The van der Waals surface area contributed by atoms with E-state index in [1.165, 1.54) is 5.56 Å². The van der Waals surface area contributed by atoms with Gasteiger partial charge < -0.3 is 15.4 Å². The first-order valence-electron chi connectivity index (χ1n) is 8.09. The molecule has 1 aliphatic rings. The lowest BCUT2D eigenvalue weighted by Gasteiger charge is -2.25. The number of nitrogens with zero attached hydrogens (tertiary/aromatic N) is 4. The van der Waals surface area contributed by atoms with Crippen molar-refractivity contribution < 1.29 is 4.74 Å². The first kappa shape index (κ1) is 20.2. The average Bonchev–Trinajstić information content (AvgIpc) is 2.94. The van der Waals surface area contributed by atoms with Crippen LogP contribution in [0.1, 0.15) is 12.5 Å². The molecule has 23 heavy (non-hydrogen) atoms. The van der Waals surface area contributed by atoms with Gasteiger partial charge in [0.25, 0.3) is 0 Å². The number of morpholine rings is 1. The van der Waals surface area contributed by atoms with Crippen LogP contribution in [0.3, 0.4) is 0 Å². The molecule has 0 radical (unpaired) electrons. The monoisotopic (exact) mass is 436 g/mol.